The van der Waals surface area contributed by atoms with E-state index in [2.05, 4.69) is 4.99 Å². The smallest absolute Gasteiger partial charge is 0.308 e. The van der Waals surface area contributed by atoms with Gasteiger partial charge in [0.05, 0.1) is 13.0 Å². The second-order valence-electron chi connectivity index (χ2n) is 2.91. The molecule has 0 aromatic heterocycles. The molecule has 0 heterocycles. The van der Waals surface area contributed by atoms with Crippen molar-refractivity contribution in [2.75, 3.05) is 19.8 Å². The Bertz CT molecular complexity index is 248. The molecule has 7 heteroatoms. The third kappa shape index (κ3) is 29.8. The Morgan fingerprint density at radius 2 is 1.85 bits per heavy atom. The van der Waals surface area contributed by atoms with Crippen LogP contribution >= 0.6 is 0 Å². The zero-order valence-corrected chi connectivity index (χ0v) is 13.0. The van der Waals surface area contributed by atoms with Crippen LogP contribution in [0.1, 0.15) is 34.1 Å². The number of esters is 1. The molecule has 0 aliphatic carbocycles. The first-order valence-corrected chi connectivity index (χ1v) is 6.51. The Balaban J connectivity index is -0.000000410. The van der Waals surface area contributed by atoms with Crippen molar-refractivity contribution in [2.45, 2.75) is 34.1 Å². The van der Waals surface area contributed by atoms with Crippen molar-refractivity contribution in [1.29, 1.82) is 0 Å². The lowest BCUT2D eigenvalue weighted by atomic mass is 10.5. The number of nitrogens with two attached hydrogens (primary N) is 3. The quantitative estimate of drug-likeness (QED) is 0.210. The number of hydrogen-bond acceptors (Lipinski definition) is 5. The summed E-state index contributed by atoms with van der Waals surface area (Å²) in [6.07, 6.45) is 3.51. The van der Waals surface area contributed by atoms with Crippen LogP contribution in [-0.4, -0.2) is 31.7 Å². The monoisotopic (exact) mass is 289 g/mol. The molecule has 0 fully saturated rings. The van der Waals surface area contributed by atoms with Crippen molar-refractivity contribution in [3.05, 3.63) is 18.9 Å². The van der Waals surface area contributed by atoms with Crippen LogP contribution in [0.4, 0.5) is 0 Å². The van der Waals surface area contributed by atoms with Gasteiger partial charge in [-0.2, -0.15) is 4.74 Å². The Hall–Kier alpha value is -1.89. The standard InChI is InChI=1S/C8H16N3O3.C3H7N.C2H6/c1-2-13-5-3-7(12)14-6-4-11-8(9)10;1-2-3-4;1-2/h2H,3-6H2,1H3,(H4,9,10,11);2-3H,4H2,1H3;1-2H3/q+1;;/b;3-2-;. The van der Waals surface area contributed by atoms with Crippen molar-refractivity contribution in [3.8, 4) is 0 Å². The maximum atomic E-state index is 10.9. The molecule has 0 aromatic rings. The lowest BCUT2D eigenvalue weighted by Gasteiger charge is -2.00. The number of nitrogens with zero attached hydrogens (tertiary/aromatic N) is 1. The molecule has 0 aliphatic rings. The van der Waals surface area contributed by atoms with Crippen LogP contribution in [-0.2, 0) is 14.3 Å². The van der Waals surface area contributed by atoms with Crippen molar-refractivity contribution in [2.24, 2.45) is 22.2 Å². The van der Waals surface area contributed by atoms with Crippen molar-refractivity contribution in [1.82, 2.24) is 0 Å². The van der Waals surface area contributed by atoms with Crippen molar-refractivity contribution >= 4 is 11.9 Å². The third-order valence-corrected chi connectivity index (χ3v) is 1.43. The van der Waals surface area contributed by atoms with E-state index >= 15 is 0 Å². The number of hydrogen-bond donors (Lipinski definition) is 3. The minimum Gasteiger partial charge on any atom is -0.464 e. The molecule has 118 valence electrons. The van der Waals surface area contributed by atoms with Crippen molar-refractivity contribution in [3.63, 3.8) is 0 Å². The zero-order valence-electron chi connectivity index (χ0n) is 13.0. The molecule has 0 amide bonds. The van der Waals surface area contributed by atoms with Gasteiger partial charge in [0.25, 0.3) is 0 Å². The predicted octanol–water partition coefficient (Wildman–Crippen LogP) is 0.896. The van der Waals surface area contributed by atoms with E-state index in [-0.39, 0.29) is 31.5 Å². The van der Waals surface area contributed by atoms with Crippen LogP contribution in [0.2, 0.25) is 0 Å². The summed E-state index contributed by atoms with van der Waals surface area (Å²) in [7, 11) is 0. The Morgan fingerprint density at radius 1 is 1.30 bits per heavy atom. The fraction of sp³-hybridized carbons (Fsp3) is 0.615. The van der Waals surface area contributed by atoms with Gasteiger partial charge in [0.2, 0.25) is 6.61 Å². The van der Waals surface area contributed by atoms with E-state index in [1.54, 1.807) is 13.0 Å². The van der Waals surface area contributed by atoms with E-state index in [1.165, 1.54) is 12.8 Å². The second-order valence-corrected chi connectivity index (χ2v) is 2.91. The van der Waals surface area contributed by atoms with Gasteiger partial charge in [-0.25, -0.2) is 0 Å². The summed E-state index contributed by atoms with van der Waals surface area (Å²) in [5.41, 5.74) is 15.0. The lowest BCUT2D eigenvalue weighted by Crippen LogP contribution is -2.23. The van der Waals surface area contributed by atoms with E-state index in [1.807, 2.05) is 20.8 Å². The van der Waals surface area contributed by atoms with Crippen LogP contribution < -0.4 is 17.2 Å². The molecule has 0 atom stereocenters. The van der Waals surface area contributed by atoms with Gasteiger partial charge in [0.15, 0.2) is 5.96 Å². The number of rotatable bonds is 7. The summed E-state index contributed by atoms with van der Waals surface area (Å²) in [5.74, 6) is -0.331. The van der Waals surface area contributed by atoms with Gasteiger partial charge in [-0.15, -0.1) is 0 Å². The average molecular weight is 289 g/mol. The van der Waals surface area contributed by atoms with Gasteiger partial charge in [0, 0.05) is 0 Å². The van der Waals surface area contributed by atoms with Crippen LogP contribution in [0, 0.1) is 6.61 Å². The molecular weight excluding hydrogens is 260 g/mol. The summed E-state index contributed by atoms with van der Waals surface area (Å²) < 4.78 is 9.64. The van der Waals surface area contributed by atoms with Crippen LogP contribution in [0.5, 0.6) is 0 Å². The summed E-state index contributed by atoms with van der Waals surface area (Å²) >= 11 is 0. The minimum atomic E-state index is -0.322. The number of allylic oxidation sites excluding steroid dienone is 1. The lowest BCUT2D eigenvalue weighted by molar-refractivity contribution is -0.144. The molecular formula is C13H29N4O3+. The molecule has 20 heavy (non-hydrogen) atoms. The largest absolute Gasteiger partial charge is 0.464 e. The number of aliphatic imine (C=N–C) groups is 1. The number of ether oxygens (including phenoxy) is 2. The SMILES string of the molecule is C/C=C\N.CC.C[CH+]OCCC(=O)OCCN=C(N)N. The first-order chi connectivity index (χ1) is 9.58. The fourth-order valence-corrected chi connectivity index (χ4v) is 0.667. The minimum absolute atomic E-state index is 0.00929. The zero-order chi connectivity index (χ0) is 16.2. The summed E-state index contributed by atoms with van der Waals surface area (Å²) in [4.78, 5) is 14.6. The fourth-order valence-electron chi connectivity index (χ4n) is 0.667. The van der Waals surface area contributed by atoms with Gasteiger partial charge in [-0.1, -0.05) is 19.9 Å². The van der Waals surface area contributed by atoms with Gasteiger partial charge in [-0.05, 0) is 13.1 Å². The maximum absolute atomic E-state index is 10.9. The molecule has 0 radical (unpaired) electrons. The van der Waals surface area contributed by atoms with E-state index in [9.17, 15) is 4.79 Å². The summed E-state index contributed by atoms with van der Waals surface area (Å²) in [5, 5.41) is 0. The highest BCUT2D eigenvalue weighted by Gasteiger charge is 2.03. The second kappa shape index (κ2) is 22.3. The molecule has 0 saturated carbocycles. The van der Waals surface area contributed by atoms with E-state index in [4.69, 9.17) is 26.7 Å². The van der Waals surface area contributed by atoms with E-state index in [0.717, 1.165) is 0 Å². The maximum Gasteiger partial charge on any atom is 0.308 e. The Kier molecular flexibility index (Phi) is 25.9. The molecule has 0 unspecified atom stereocenters. The third-order valence-electron chi connectivity index (χ3n) is 1.43. The molecule has 0 spiro atoms. The van der Waals surface area contributed by atoms with Crippen molar-refractivity contribution < 1.29 is 14.3 Å². The van der Waals surface area contributed by atoms with Crippen LogP contribution in [0.25, 0.3) is 0 Å². The van der Waals surface area contributed by atoms with Crippen LogP contribution in [0.3, 0.4) is 0 Å². The summed E-state index contributed by atoms with van der Waals surface area (Å²) in [6.45, 7) is 9.94. The molecule has 0 rings (SSSR count). The molecule has 0 saturated heterocycles. The van der Waals surface area contributed by atoms with E-state index in [0.29, 0.717) is 6.61 Å². The molecule has 0 bridgehead atoms. The highest BCUT2D eigenvalue weighted by molar-refractivity contribution is 5.75. The number of guanidine groups is 1. The van der Waals surface area contributed by atoms with Crippen LogP contribution in [0.15, 0.2) is 17.3 Å². The highest BCUT2D eigenvalue weighted by atomic mass is 16.5. The number of carbonyl (C=O) groups excluding carboxylic acids is 1. The predicted molar refractivity (Wildman–Crippen MR) is 82.5 cm³/mol. The molecule has 6 N–H and O–H groups in total. The first kappa shape index (κ1) is 23.2. The normalized spacial score (nSPS) is 8.60. The summed E-state index contributed by atoms with van der Waals surface area (Å²) in [6, 6.07) is 0. The number of carbonyl (C=O) groups is 1. The topological polar surface area (TPSA) is 126 Å². The first-order valence-electron chi connectivity index (χ1n) is 6.51. The Morgan fingerprint density at radius 3 is 2.25 bits per heavy atom. The molecule has 7 nitrogen and oxygen atoms in total. The molecule has 0 aliphatic heterocycles. The van der Waals surface area contributed by atoms with Gasteiger partial charge >= 0.3 is 5.97 Å². The average Bonchev–Trinajstić information content (AvgIpc) is 2.46. The Labute approximate surface area is 122 Å². The molecule has 0 aromatic carbocycles. The van der Waals surface area contributed by atoms with Gasteiger partial charge < -0.3 is 21.9 Å². The van der Waals surface area contributed by atoms with Gasteiger partial charge in [0.1, 0.15) is 20.1 Å². The highest BCUT2D eigenvalue weighted by Crippen LogP contribution is 1.89. The van der Waals surface area contributed by atoms with Gasteiger partial charge in [-0.3, -0.25) is 9.79 Å². The van der Waals surface area contributed by atoms with E-state index < -0.39 is 0 Å².